The minimum Gasteiger partial charge on any atom is -0.378 e. The number of benzene rings is 2. The first-order valence-electron chi connectivity index (χ1n) is 6.70. The first kappa shape index (κ1) is 13.5. The predicted octanol–water partition coefficient (Wildman–Crippen LogP) is 4.69. The van der Waals surface area contributed by atoms with Gasteiger partial charge in [0.2, 0.25) is 0 Å². The second kappa shape index (κ2) is 5.48. The van der Waals surface area contributed by atoms with Crippen LogP contribution in [0.1, 0.15) is 18.5 Å². The van der Waals surface area contributed by atoms with E-state index in [0.29, 0.717) is 5.56 Å². The Hall–Kier alpha value is -2.49. The average Bonchev–Trinajstić information content (AvgIpc) is 2.50. The van der Waals surface area contributed by atoms with Crippen LogP contribution in [-0.4, -0.2) is 4.98 Å². The maximum Gasteiger partial charge on any atom is 0.164 e. The van der Waals surface area contributed by atoms with Crippen molar-refractivity contribution in [3.63, 3.8) is 0 Å². The maximum absolute atomic E-state index is 13.8. The number of anilines is 1. The number of hydrogen-bond donors (Lipinski definition) is 1. The lowest BCUT2D eigenvalue weighted by atomic mass is 10.1. The van der Waals surface area contributed by atoms with E-state index in [-0.39, 0.29) is 6.04 Å². The van der Waals surface area contributed by atoms with Crippen LogP contribution in [-0.2, 0) is 0 Å². The zero-order chi connectivity index (χ0) is 14.8. The SMILES string of the molecule is CC(Nc1ccc2ncccc2c1)c1cccc(F)c1F. The van der Waals surface area contributed by atoms with Crippen molar-refractivity contribution in [2.75, 3.05) is 5.32 Å². The molecule has 0 saturated heterocycles. The summed E-state index contributed by atoms with van der Waals surface area (Å²) in [5.41, 5.74) is 2.04. The minimum atomic E-state index is -0.830. The highest BCUT2D eigenvalue weighted by Gasteiger charge is 2.14. The molecule has 2 aromatic carbocycles. The zero-order valence-corrected chi connectivity index (χ0v) is 11.5. The van der Waals surface area contributed by atoms with E-state index >= 15 is 0 Å². The molecule has 1 N–H and O–H groups in total. The topological polar surface area (TPSA) is 24.9 Å². The molecule has 21 heavy (non-hydrogen) atoms. The number of halogens is 2. The molecule has 1 aromatic heterocycles. The average molecular weight is 284 g/mol. The van der Waals surface area contributed by atoms with Gasteiger partial charge in [-0.15, -0.1) is 0 Å². The van der Waals surface area contributed by atoms with Crippen LogP contribution >= 0.6 is 0 Å². The van der Waals surface area contributed by atoms with Gasteiger partial charge < -0.3 is 5.32 Å². The molecule has 4 heteroatoms. The summed E-state index contributed by atoms with van der Waals surface area (Å²) >= 11 is 0. The van der Waals surface area contributed by atoms with Gasteiger partial charge in [-0.3, -0.25) is 4.98 Å². The molecule has 0 aliphatic carbocycles. The van der Waals surface area contributed by atoms with Gasteiger partial charge in [0, 0.05) is 22.8 Å². The lowest BCUT2D eigenvalue weighted by Gasteiger charge is -2.17. The number of nitrogens with one attached hydrogen (secondary N) is 1. The van der Waals surface area contributed by atoms with Gasteiger partial charge in [-0.1, -0.05) is 18.2 Å². The van der Waals surface area contributed by atoms with Crippen molar-refractivity contribution in [3.05, 3.63) is 71.9 Å². The van der Waals surface area contributed by atoms with Crippen LogP contribution in [0.15, 0.2) is 54.7 Å². The van der Waals surface area contributed by atoms with Crippen molar-refractivity contribution < 1.29 is 8.78 Å². The summed E-state index contributed by atoms with van der Waals surface area (Å²) in [5.74, 6) is -1.64. The minimum absolute atomic E-state index is 0.307. The highest BCUT2D eigenvalue weighted by atomic mass is 19.2. The molecule has 106 valence electrons. The van der Waals surface area contributed by atoms with E-state index in [1.54, 1.807) is 19.2 Å². The fourth-order valence-corrected chi connectivity index (χ4v) is 2.35. The van der Waals surface area contributed by atoms with Gasteiger partial charge in [-0.2, -0.15) is 0 Å². The monoisotopic (exact) mass is 284 g/mol. The van der Waals surface area contributed by atoms with Gasteiger partial charge in [0.1, 0.15) is 0 Å². The summed E-state index contributed by atoms with van der Waals surface area (Å²) < 4.78 is 27.1. The van der Waals surface area contributed by atoms with Crippen molar-refractivity contribution >= 4 is 16.6 Å². The molecular weight excluding hydrogens is 270 g/mol. The van der Waals surface area contributed by atoms with Crippen LogP contribution < -0.4 is 5.32 Å². The lowest BCUT2D eigenvalue weighted by molar-refractivity contribution is 0.494. The van der Waals surface area contributed by atoms with E-state index in [9.17, 15) is 8.78 Å². The van der Waals surface area contributed by atoms with Gasteiger partial charge in [-0.25, -0.2) is 8.78 Å². The fraction of sp³-hybridized carbons (Fsp3) is 0.118. The Morgan fingerprint density at radius 1 is 1.05 bits per heavy atom. The molecule has 1 heterocycles. The fourth-order valence-electron chi connectivity index (χ4n) is 2.35. The summed E-state index contributed by atoms with van der Waals surface area (Å²) in [6.45, 7) is 1.80. The molecule has 1 atom stereocenters. The number of nitrogens with zero attached hydrogens (tertiary/aromatic N) is 1. The Kier molecular flexibility index (Phi) is 3.52. The van der Waals surface area contributed by atoms with E-state index in [1.165, 1.54) is 6.07 Å². The van der Waals surface area contributed by atoms with Gasteiger partial charge in [0.15, 0.2) is 11.6 Å². The van der Waals surface area contributed by atoms with Gasteiger partial charge in [0.25, 0.3) is 0 Å². The van der Waals surface area contributed by atoms with Gasteiger partial charge in [-0.05, 0) is 37.3 Å². The standard InChI is InChI=1S/C17H14F2N2/c1-11(14-5-2-6-15(18)17(14)19)21-13-7-8-16-12(10-13)4-3-9-20-16/h2-11,21H,1H3. The van der Waals surface area contributed by atoms with Crippen molar-refractivity contribution in [2.45, 2.75) is 13.0 Å². The second-order valence-electron chi connectivity index (χ2n) is 4.92. The molecule has 0 bridgehead atoms. The van der Waals surface area contributed by atoms with Crippen molar-refractivity contribution in [1.29, 1.82) is 0 Å². The summed E-state index contributed by atoms with van der Waals surface area (Å²) in [4.78, 5) is 4.25. The van der Waals surface area contributed by atoms with Crippen LogP contribution in [0.3, 0.4) is 0 Å². The van der Waals surface area contributed by atoms with E-state index in [2.05, 4.69) is 10.3 Å². The molecule has 2 nitrogen and oxygen atoms in total. The van der Waals surface area contributed by atoms with E-state index in [0.717, 1.165) is 22.7 Å². The number of hydrogen-bond acceptors (Lipinski definition) is 2. The van der Waals surface area contributed by atoms with Gasteiger partial charge >= 0.3 is 0 Å². The molecule has 0 saturated carbocycles. The Morgan fingerprint density at radius 2 is 1.90 bits per heavy atom. The maximum atomic E-state index is 13.8. The Labute approximate surface area is 121 Å². The molecule has 0 radical (unpaired) electrons. The second-order valence-corrected chi connectivity index (χ2v) is 4.92. The van der Waals surface area contributed by atoms with Crippen LogP contribution in [0.25, 0.3) is 10.9 Å². The molecular formula is C17H14F2N2. The van der Waals surface area contributed by atoms with Crippen molar-refractivity contribution in [1.82, 2.24) is 4.98 Å². The van der Waals surface area contributed by atoms with Crippen LogP contribution in [0.4, 0.5) is 14.5 Å². The van der Waals surface area contributed by atoms with Gasteiger partial charge in [0.05, 0.1) is 11.6 Å². The Morgan fingerprint density at radius 3 is 2.76 bits per heavy atom. The zero-order valence-electron chi connectivity index (χ0n) is 11.5. The number of pyridine rings is 1. The molecule has 0 aliphatic heterocycles. The largest absolute Gasteiger partial charge is 0.378 e. The third-order valence-electron chi connectivity index (χ3n) is 3.43. The first-order chi connectivity index (χ1) is 10.1. The van der Waals surface area contributed by atoms with E-state index < -0.39 is 11.6 Å². The number of aromatic nitrogens is 1. The molecule has 0 aliphatic rings. The third kappa shape index (κ3) is 2.70. The highest BCUT2D eigenvalue weighted by molar-refractivity contribution is 5.82. The Bertz CT molecular complexity index is 787. The summed E-state index contributed by atoms with van der Waals surface area (Å²) in [6.07, 6.45) is 1.74. The predicted molar refractivity (Wildman–Crippen MR) is 80.1 cm³/mol. The van der Waals surface area contributed by atoms with Crippen LogP contribution in [0.5, 0.6) is 0 Å². The molecule has 0 amide bonds. The molecule has 3 aromatic rings. The molecule has 0 spiro atoms. The van der Waals surface area contributed by atoms with Crippen LogP contribution in [0, 0.1) is 11.6 Å². The summed E-state index contributed by atoms with van der Waals surface area (Å²) in [6, 6.07) is 13.4. The quantitative estimate of drug-likeness (QED) is 0.755. The third-order valence-corrected chi connectivity index (χ3v) is 3.43. The normalized spacial score (nSPS) is 12.3. The lowest BCUT2D eigenvalue weighted by Crippen LogP contribution is -2.09. The van der Waals surface area contributed by atoms with E-state index in [4.69, 9.17) is 0 Å². The highest BCUT2D eigenvalue weighted by Crippen LogP contribution is 2.25. The smallest absolute Gasteiger partial charge is 0.164 e. The van der Waals surface area contributed by atoms with Crippen molar-refractivity contribution in [2.24, 2.45) is 0 Å². The summed E-state index contributed by atoms with van der Waals surface area (Å²) in [5, 5.41) is 4.18. The summed E-state index contributed by atoms with van der Waals surface area (Å²) in [7, 11) is 0. The van der Waals surface area contributed by atoms with Crippen LogP contribution in [0.2, 0.25) is 0 Å². The van der Waals surface area contributed by atoms with Crippen molar-refractivity contribution in [3.8, 4) is 0 Å². The first-order valence-corrected chi connectivity index (χ1v) is 6.70. The molecule has 0 fully saturated rings. The Balaban J connectivity index is 1.89. The number of fused-ring (bicyclic) bond motifs is 1. The number of rotatable bonds is 3. The van der Waals surface area contributed by atoms with E-state index in [1.807, 2.05) is 30.3 Å². The molecule has 1 unspecified atom stereocenters. The molecule has 3 rings (SSSR count).